The van der Waals surface area contributed by atoms with Gasteiger partial charge in [-0.2, -0.15) is 0 Å². The van der Waals surface area contributed by atoms with Crippen LogP contribution >= 0.6 is 11.6 Å². The third-order valence-electron chi connectivity index (χ3n) is 3.35. The molecule has 1 atom stereocenters. The van der Waals surface area contributed by atoms with Crippen LogP contribution in [0, 0.1) is 0 Å². The van der Waals surface area contributed by atoms with Gasteiger partial charge in [-0.15, -0.1) is 0 Å². The molecule has 0 amide bonds. The van der Waals surface area contributed by atoms with Crippen LogP contribution in [0.25, 0.3) is 0 Å². The third-order valence-corrected chi connectivity index (χ3v) is 5.55. The van der Waals surface area contributed by atoms with Crippen molar-refractivity contribution in [1.82, 2.24) is 0 Å². The molecule has 2 aromatic carbocycles. The Labute approximate surface area is 129 Å². The molecule has 0 N–H and O–H groups in total. The fraction of sp³-hybridized carbons (Fsp3) is 0.200. The molecule has 3 rings (SSSR count). The van der Waals surface area contributed by atoms with Gasteiger partial charge >= 0.3 is 0 Å². The highest BCUT2D eigenvalue weighted by Crippen LogP contribution is 2.37. The average Bonchev–Trinajstić information content (AvgIpc) is 2.47. The molecule has 0 bridgehead atoms. The molecular weight excluding hydrogens is 310 g/mol. The normalized spacial score (nSPS) is 18.0. The van der Waals surface area contributed by atoms with E-state index in [2.05, 4.69) is 0 Å². The fourth-order valence-corrected chi connectivity index (χ4v) is 4.14. The highest BCUT2D eigenvalue weighted by molar-refractivity contribution is 7.92. The molecule has 0 aromatic heterocycles. The summed E-state index contributed by atoms with van der Waals surface area (Å²) in [6, 6.07) is 13.0. The lowest BCUT2D eigenvalue weighted by atomic mass is 10.2. The molecule has 0 saturated heterocycles. The number of para-hydroxylation sites is 2. The molecule has 0 aliphatic carbocycles. The molecule has 1 aliphatic rings. The highest BCUT2D eigenvalue weighted by atomic mass is 35.5. The van der Waals surface area contributed by atoms with E-state index in [9.17, 15) is 8.42 Å². The summed E-state index contributed by atoms with van der Waals surface area (Å²) in [6.07, 6.45) is 0. The molecular formula is C15H14ClNO3S. The fourth-order valence-electron chi connectivity index (χ4n) is 2.36. The van der Waals surface area contributed by atoms with Gasteiger partial charge in [0.05, 0.1) is 16.6 Å². The van der Waals surface area contributed by atoms with Crippen molar-refractivity contribution in [2.45, 2.75) is 17.9 Å². The number of halogens is 1. The zero-order valence-electron chi connectivity index (χ0n) is 11.4. The van der Waals surface area contributed by atoms with Crippen molar-refractivity contribution < 1.29 is 13.2 Å². The number of hydrogen-bond donors (Lipinski definition) is 0. The van der Waals surface area contributed by atoms with Crippen LogP contribution in [0.1, 0.15) is 6.92 Å². The molecule has 1 aliphatic heterocycles. The van der Waals surface area contributed by atoms with E-state index in [0.29, 0.717) is 23.1 Å². The van der Waals surface area contributed by atoms with Gasteiger partial charge in [0.1, 0.15) is 12.4 Å². The summed E-state index contributed by atoms with van der Waals surface area (Å²) in [7, 11) is -3.65. The second-order valence-corrected chi connectivity index (χ2v) is 7.13. The van der Waals surface area contributed by atoms with Crippen molar-refractivity contribution in [3.8, 4) is 5.75 Å². The molecule has 4 nitrogen and oxygen atoms in total. The largest absolute Gasteiger partial charge is 0.489 e. The minimum absolute atomic E-state index is 0.218. The Morgan fingerprint density at radius 1 is 1.14 bits per heavy atom. The SMILES string of the molecule is C[C@H]1COc2ccccc2N1S(=O)(=O)c1ccc(Cl)cc1. The van der Waals surface area contributed by atoms with Crippen molar-refractivity contribution >= 4 is 27.3 Å². The lowest BCUT2D eigenvalue weighted by Crippen LogP contribution is -2.44. The first-order valence-corrected chi connectivity index (χ1v) is 8.34. The molecule has 0 fully saturated rings. The van der Waals surface area contributed by atoms with E-state index in [1.807, 2.05) is 13.0 Å². The Balaban J connectivity index is 2.12. The maximum atomic E-state index is 12.9. The van der Waals surface area contributed by atoms with Gasteiger partial charge in [0, 0.05) is 5.02 Å². The molecule has 6 heteroatoms. The molecule has 2 aromatic rings. The maximum absolute atomic E-state index is 12.9. The first-order chi connectivity index (χ1) is 10.00. The summed E-state index contributed by atoms with van der Waals surface area (Å²) in [5.74, 6) is 0.577. The van der Waals surface area contributed by atoms with Crippen LogP contribution < -0.4 is 9.04 Å². The molecule has 1 heterocycles. The van der Waals surface area contributed by atoms with Crippen LogP contribution in [0.4, 0.5) is 5.69 Å². The lowest BCUT2D eigenvalue weighted by Gasteiger charge is -2.35. The van der Waals surface area contributed by atoms with E-state index in [4.69, 9.17) is 16.3 Å². The van der Waals surface area contributed by atoms with Crippen LogP contribution in [0.5, 0.6) is 5.75 Å². The van der Waals surface area contributed by atoms with Gasteiger partial charge in [0.2, 0.25) is 0 Å². The van der Waals surface area contributed by atoms with Crippen LogP contribution in [0.3, 0.4) is 0 Å². The summed E-state index contributed by atoms with van der Waals surface area (Å²) < 4.78 is 32.8. The maximum Gasteiger partial charge on any atom is 0.264 e. The van der Waals surface area contributed by atoms with Gasteiger partial charge in [-0.3, -0.25) is 4.31 Å². The summed E-state index contributed by atoms with van der Waals surface area (Å²) in [4.78, 5) is 0.218. The van der Waals surface area contributed by atoms with Gasteiger partial charge in [-0.05, 0) is 43.3 Å². The zero-order chi connectivity index (χ0) is 15.0. The quantitative estimate of drug-likeness (QED) is 0.851. The second-order valence-electron chi connectivity index (χ2n) is 4.88. The summed E-state index contributed by atoms with van der Waals surface area (Å²) in [5, 5.41) is 0.504. The van der Waals surface area contributed by atoms with E-state index in [-0.39, 0.29) is 10.9 Å². The summed E-state index contributed by atoms with van der Waals surface area (Å²) in [6.45, 7) is 2.15. The predicted octanol–water partition coefficient (Wildman–Crippen LogP) is 3.32. The Morgan fingerprint density at radius 2 is 1.81 bits per heavy atom. The van der Waals surface area contributed by atoms with Crippen LogP contribution in [0.2, 0.25) is 5.02 Å². The first kappa shape index (κ1) is 14.2. The molecule has 0 saturated carbocycles. The monoisotopic (exact) mass is 323 g/mol. The molecule has 0 spiro atoms. The average molecular weight is 324 g/mol. The highest BCUT2D eigenvalue weighted by Gasteiger charge is 2.34. The number of sulfonamides is 1. The lowest BCUT2D eigenvalue weighted by molar-refractivity contribution is 0.281. The van der Waals surface area contributed by atoms with Crippen molar-refractivity contribution in [3.05, 3.63) is 53.6 Å². The molecule has 0 unspecified atom stereocenters. The summed E-state index contributed by atoms with van der Waals surface area (Å²) in [5.41, 5.74) is 0.561. The molecule has 21 heavy (non-hydrogen) atoms. The van der Waals surface area contributed by atoms with Crippen molar-refractivity contribution in [2.24, 2.45) is 0 Å². The number of benzene rings is 2. The number of ether oxygens (including phenoxy) is 1. The van der Waals surface area contributed by atoms with Crippen LogP contribution in [-0.2, 0) is 10.0 Å². The number of rotatable bonds is 2. The van der Waals surface area contributed by atoms with Gasteiger partial charge in [-0.25, -0.2) is 8.42 Å². The topological polar surface area (TPSA) is 46.6 Å². The van der Waals surface area contributed by atoms with E-state index in [1.165, 1.54) is 16.4 Å². The molecule has 110 valence electrons. The Kier molecular flexibility index (Phi) is 3.55. The van der Waals surface area contributed by atoms with Gasteiger partial charge in [0.25, 0.3) is 10.0 Å². The van der Waals surface area contributed by atoms with Crippen LogP contribution in [0.15, 0.2) is 53.4 Å². The second kappa shape index (κ2) is 5.24. The van der Waals surface area contributed by atoms with E-state index in [0.717, 1.165) is 0 Å². The predicted molar refractivity (Wildman–Crippen MR) is 82.5 cm³/mol. The Morgan fingerprint density at radius 3 is 2.52 bits per heavy atom. The Hall–Kier alpha value is -1.72. The smallest absolute Gasteiger partial charge is 0.264 e. The van der Waals surface area contributed by atoms with E-state index in [1.54, 1.807) is 30.3 Å². The number of anilines is 1. The molecule has 0 radical (unpaired) electrons. The number of nitrogens with zero attached hydrogens (tertiary/aromatic N) is 1. The van der Waals surface area contributed by atoms with Gasteiger partial charge in [0.15, 0.2) is 0 Å². The van der Waals surface area contributed by atoms with E-state index >= 15 is 0 Å². The zero-order valence-corrected chi connectivity index (χ0v) is 12.9. The summed E-state index contributed by atoms with van der Waals surface area (Å²) >= 11 is 5.83. The van der Waals surface area contributed by atoms with Crippen molar-refractivity contribution in [1.29, 1.82) is 0 Å². The number of hydrogen-bond acceptors (Lipinski definition) is 3. The Bertz CT molecular complexity index is 759. The van der Waals surface area contributed by atoms with E-state index < -0.39 is 10.0 Å². The van der Waals surface area contributed by atoms with Gasteiger partial charge < -0.3 is 4.74 Å². The van der Waals surface area contributed by atoms with Gasteiger partial charge in [-0.1, -0.05) is 23.7 Å². The van der Waals surface area contributed by atoms with Crippen LogP contribution in [-0.4, -0.2) is 21.1 Å². The third kappa shape index (κ3) is 2.47. The first-order valence-electron chi connectivity index (χ1n) is 6.52. The minimum atomic E-state index is -3.65. The van der Waals surface area contributed by atoms with Crippen molar-refractivity contribution in [3.63, 3.8) is 0 Å². The number of fused-ring (bicyclic) bond motifs is 1. The standard InChI is InChI=1S/C15H14ClNO3S/c1-11-10-20-15-5-3-2-4-14(15)17(11)21(18,19)13-8-6-12(16)7-9-13/h2-9,11H,10H2,1H3/t11-/m0/s1. The van der Waals surface area contributed by atoms with Crippen molar-refractivity contribution in [2.75, 3.05) is 10.9 Å². The minimum Gasteiger partial charge on any atom is -0.489 e.